The molecule has 17 heavy (non-hydrogen) atoms. The Hall–Kier alpha value is -0.380. The molecule has 1 fully saturated rings. The highest BCUT2D eigenvalue weighted by Crippen LogP contribution is 2.26. The number of hydrogen-bond donors (Lipinski definition) is 0. The van der Waals surface area contributed by atoms with Crippen LogP contribution in [0.4, 0.5) is 0 Å². The van der Waals surface area contributed by atoms with E-state index in [9.17, 15) is 9.00 Å². The van der Waals surface area contributed by atoms with Gasteiger partial charge in [0.2, 0.25) is 0 Å². The molecule has 0 spiro atoms. The lowest BCUT2D eigenvalue weighted by molar-refractivity contribution is -0.142. The maximum atomic E-state index is 12.2. The molecule has 1 rings (SSSR count). The van der Waals surface area contributed by atoms with E-state index >= 15 is 0 Å². The Kier molecular flexibility index (Phi) is 6.78. The molecular weight excluding hydrogens is 236 g/mol. The normalized spacial score (nSPS) is 20.1. The summed E-state index contributed by atoms with van der Waals surface area (Å²) in [5.74, 6) is 0.971. The van der Waals surface area contributed by atoms with Crippen LogP contribution in [-0.2, 0) is 20.3 Å². The molecule has 0 aromatic heterocycles. The molecule has 0 radical (unpaired) electrons. The molecule has 4 heteroatoms. The van der Waals surface area contributed by atoms with Crippen LogP contribution in [0.3, 0.4) is 0 Å². The van der Waals surface area contributed by atoms with E-state index in [2.05, 4.69) is 0 Å². The molecule has 0 aliphatic heterocycles. The van der Waals surface area contributed by atoms with Crippen LogP contribution in [0, 0.1) is 5.92 Å². The molecule has 0 amide bonds. The monoisotopic (exact) mass is 260 g/mol. The number of carbonyl (C=O) groups excluding carboxylic acids is 1. The molecule has 0 bridgehead atoms. The number of rotatable bonds is 7. The smallest absolute Gasteiger partial charge is 0.321 e. The SMILES string of the molecule is CCCC(C(=O)OCC)S(=O)CC1CCCC1. The van der Waals surface area contributed by atoms with E-state index < -0.39 is 16.0 Å². The van der Waals surface area contributed by atoms with Gasteiger partial charge in [0.05, 0.1) is 6.61 Å². The van der Waals surface area contributed by atoms with Gasteiger partial charge in [-0.3, -0.25) is 9.00 Å². The van der Waals surface area contributed by atoms with Gasteiger partial charge < -0.3 is 4.74 Å². The second-order valence-electron chi connectivity index (χ2n) is 4.73. The third kappa shape index (κ3) is 4.78. The Morgan fingerprint density at radius 1 is 1.35 bits per heavy atom. The second kappa shape index (κ2) is 7.85. The summed E-state index contributed by atoms with van der Waals surface area (Å²) in [5.41, 5.74) is 0. The fourth-order valence-corrected chi connectivity index (χ4v) is 4.19. The molecule has 0 aromatic carbocycles. The molecule has 1 aliphatic carbocycles. The van der Waals surface area contributed by atoms with Gasteiger partial charge in [-0.1, -0.05) is 26.2 Å². The van der Waals surface area contributed by atoms with Crippen LogP contribution in [0.15, 0.2) is 0 Å². The summed E-state index contributed by atoms with van der Waals surface area (Å²) in [7, 11) is -1.05. The quantitative estimate of drug-likeness (QED) is 0.661. The molecular formula is C13H24O3S. The lowest BCUT2D eigenvalue weighted by Gasteiger charge is -2.16. The van der Waals surface area contributed by atoms with Gasteiger partial charge in [-0.2, -0.15) is 0 Å². The summed E-state index contributed by atoms with van der Waals surface area (Å²) in [6.07, 6.45) is 6.40. The van der Waals surface area contributed by atoms with Crippen molar-refractivity contribution in [3.63, 3.8) is 0 Å². The highest BCUT2D eigenvalue weighted by atomic mass is 32.2. The molecule has 3 nitrogen and oxygen atoms in total. The maximum absolute atomic E-state index is 12.2. The first-order chi connectivity index (χ1) is 8.19. The predicted octanol–water partition coefficient (Wildman–Crippen LogP) is 2.66. The van der Waals surface area contributed by atoms with Crippen molar-refractivity contribution >= 4 is 16.8 Å². The predicted molar refractivity (Wildman–Crippen MR) is 70.3 cm³/mol. The summed E-state index contributed by atoms with van der Waals surface area (Å²) < 4.78 is 17.2. The zero-order valence-electron chi connectivity index (χ0n) is 10.9. The Morgan fingerprint density at radius 2 is 2.00 bits per heavy atom. The molecule has 2 atom stereocenters. The third-order valence-electron chi connectivity index (χ3n) is 3.29. The van der Waals surface area contributed by atoms with Crippen molar-refractivity contribution in [3.05, 3.63) is 0 Å². The summed E-state index contributed by atoms with van der Waals surface area (Å²) >= 11 is 0. The molecule has 1 aliphatic rings. The summed E-state index contributed by atoms with van der Waals surface area (Å²) in [6, 6.07) is 0. The van der Waals surface area contributed by atoms with Crippen LogP contribution in [-0.4, -0.2) is 27.8 Å². The Labute approximate surface area is 107 Å². The molecule has 0 N–H and O–H groups in total. The van der Waals surface area contributed by atoms with Crippen molar-refractivity contribution in [3.8, 4) is 0 Å². The Bertz CT molecular complexity index is 259. The fourth-order valence-electron chi connectivity index (χ4n) is 2.38. The van der Waals surface area contributed by atoms with Crippen molar-refractivity contribution in [1.29, 1.82) is 0 Å². The minimum Gasteiger partial charge on any atom is -0.465 e. The van der Waals surface area contributed by atoms with Gasteiger partial charge in [0.25, 0.3) is 0 Å². The lowest BCUT2D eigenvalue weighted by atomic mass is 10.1. The van der Waals surface area contributed by atoms with Crippen molar-refractivity contribution in [1.82, 2.24) is 0 Å². The zero-order chi connectivity index (χ0) is 12.7. The van der Waals surface area contributed by atoms with Crippen LogP contribution in [0.5, 0.6) is 0 Å². The first-order valence-electron chi connectivity index (χ1n) is 6.72. The molecule has 100 valence electrons. The average Bonchev–Trinajstić information content (AvgIpc) is 2.78. The highest BCUT2D eigenvalue weighted by Gasteiger charge is 2.28. The van der Waals surface area contributed by atoms with Crippen molar-refractivity contribution in [2.45, 2.75) is 57.6 Å². The fraction of sp³-hybridized carbons (Fsp3) is 0.923. The van der Waals surface area contributed by atoms with E-state index in [1.807, 2.05) is 6.92 Å². The second-order valence-corrected chi connectivity index (χ2v) is 6.39. The van der Waals surface area contributed by atoms with E-state index in [-0.39, 0.29) is 5.97 Å². The minimum atomic E-state index is -1.05. The first-order valence-corrected chi connectivity index (χ1v) is 8.11. The molecule has 1 saturated carbocycles. The van der Waals surface area contributed by atoms with Crippen molar-refractivity contribution < 1.29 is 13.7 Å². The van der Waals surface area contributed by atoms with Crippen molar-refractivity contribution in [2.75, 3.05) is 12.4 Å². The van der Waals surface area contributed by atoms with Crippen LogP contribution in [0.1, 0.15) is 52.4 Å². The van der Waals surface area contributed by atoms with E-state index in [0.29, 0.717) is 24.7 Å². The van der Waals surface area contributed by atoms with E-state index in [0.717, 1.165) is 6.42 Å². The van der Waals surface area contributed by atoms with E-state index in [1.54, 1.807) is 6.92 Å². The number of carbonyl (C=O) groups is 1. The van der Waals surface area contributed by atoms with Crippen LogP contribution in [0.2, 0.25) is 0 Å². The zero-order valence-corrected chi connectivity index (χ0v) is 11.8. The van der Waals surface area contributed by atoms with Gasteiger partial charge >= 0.3 is 5.97 Å². The standard InChI is InChI=1S/C13H24O3S/c1-3-7-12(13(14)16-4-2)17(15)10-11-8-5-6-9-11/h11-12H,3-10H2,1-2H3. The van der Waals surface area contributed by atoms with Crippen molar-refractivity contribution in [2.24, 2.45) is 5.92 Å². The number of hydrogen-bond acceptors (Lipinski definition) is 3. The summed E-state index contributed by atoms with van der Waals surface area (Å²) in [5, 5.41) is -0.402. The highest BCUT2D eigenvalue weighted by molar-refractivity contribution is 7.86. The van der Waals surface area contributed by atoms with E-state index in [1.165, 1.54) is 25.7 Å². The maximum Gasteiger partial charge on any atom is 0.321 e. The lowest BCUT2D eigenvalue weighted by Crippen LogP contribution is -2.31. The molecule has 0 saturated heterocycles. The summed E-state index contributed by atoms with van der Waals surface area (Å²) in [6.45, 7) is 4.18. The topological polar surface area (TPSA) is 43.4 Å². The third-order valence-corrected chi connectivity index (χ3v) is 5.16. The minimum absolute atomic E-state index is 0.273. The van der Waals surface area contributed by atoms with Crippen LogP contribution < -0.4 is 0 Å². The first kappa shape index (κ1) is 14.7. The van der Waals surface area contributed by atoms with E-state index in [4.69, 9.17) is 4.74 Å². The van der Waals surface area contributed by atoms with Gasteiger partial charge in [-0.05, 0) is 32.1 Å². The molecule has 2 unspecified atom stereocenters. The average molecular weight is 260 g/mol. The number of esters is 1. The largest absolute Gasteiger partial charge is 0.465 e. The van der Waals surface area contributed by atoms with Gasteiger partial charge in [0.15, 0.2) is 0 Å². The summed E-state index contributed by atoms with van der Waals surface area (Å²) in [4.78, 5) is 11.7. The Balaban J connectivity index is 2.49. The molecule has 0 aromatic rings. The Morgan fingerprint density at radius 3 is 2.53 bits per heavy atom. The van der Waals surface area contributed by atoms with Gasteiger partial charge in [-0.25, -0.2) is 0 Å². The number of ether oxygens (including phenoxy) is 1. The van der Waals surface area contributed by atoms with Crippen LogP contribution in [0.25, 0.3) is 0 Å². The van der Waals surface area contributed by atoms with Gasteiger partial charge in [0.1, 0.15) is 5.25 Å². The molecule has 0 heterocycles. The van der Waals surface area contributed by atoms with Gasteiger partial charge in [0, 0.05) is 16.6 Å². The van der Waals surface area contributed by atoms with Gasteiger partial charge in [-0.15, -0.1) is 0 Å². The van der Waals surface area contributed by atoms with Crippen LogP contribution >= 0.6 is 0 Å².